The Hall–Kier alpha value is -2.91. The summed E-state index contributed by atoms with van der Waals surface area (Å²) in [7, 11) is -2.04. The maximum atomic E-state index is 13.2. The van der Waals surface area contributed by atoms with Gasteiger partial charge in [0.1, 0.15) is 5.75 Å². The van der Waals surface area contributed by atoms with E-state index in [2.05, 4.69) is 12.2 Å². The molecular formula is C23H29N3O5S. The number of nitrogens with zero attached hydrogens (tertiary/aromatic N) is 1. The highest BCUT2D eigenvalue weighted by atomic mass is 32.2. The second-order valence-electron chi connectivity index (χ2n) is 7.96. The zero-order valence-electron chi connectivity index (χ0n) is 18.3. The number of hydrogen-bond acceptors (Lipinski definition) is 5. The van der Waals surface area contributed by atoms with Crippen LogP contribution in [0.5, 0.6) is 5.75 Å². The van der Waals surface area contributed by atoms with Crippen LogP contribution in [0.25, 0.3) is 0 Å². The largest absolute Gasteiger partial charge is 0.497 e. The van der Waals surface area contributed by atoms with Gasteiger partial charge in [0.15, 0.2) is 0 Å². The molecule has 0 aromatic heterocycles. The Balaban J connectivity index is 1.81. The van der Waals surface area contributed by atoms with Crippen LogP contribution in [0, 0.1) is 5.92 Å². The first-order chi connectivity index (χ1) is 15.2. The summed E-state index contributed by atoms with van der Waals surface area (Å²) in [5.74, 6) is -0.402. The van der Waals surface area contributed by atoms with E-state index in [1.54, 1.807) is 36.3 Å². The van der Waals surface area contributed by atoms with Crippen molar-refractivity contribution in [1.82, 2.24) is 4.90 Å². The van der Waals surface area contributed by atoms with E-state index in [4.69, 9.17) is 9.88 Å². The van der Waals surface area contributed by atoms with E-state index in [1.807, 2.05) is 24.3 Å². The highest BCUT2D eigenvalue weighted by Crippen LogP contribution is 2.39. The van der Waals surface area contributed by atoms with Gasteiger partial charge in [0, 0.05) is 18.7 Å². The molecule has 2 aromatic carbocycles. The number of benzene rings is 2. The molecule has 172 valence electrons. The molecule has 1 fully saturated rings. The number of amides is 2. The lowest BCUT2D eigenvalue weighted by Gasteiger charge is -2.28. The van der Waals surface area contributed by atoms with Crippen LogP contribution in [-0.4, -0.2) is 38.8 Å². The minimum Gasteiger partial charge on any atom is -0.497 e. The molecule has 1 aliphatic rings. The third kappa shape index (κ3) is 5.86. The smallest absolute Gasteiger partial charge is 0.230 e. The van der Waals surface area contributed by atoms with Crippen molar-refractivity contribution in [3.05, 3.63) is 59.7 Å². The van der Waals surface area contributed by atoms with Crippen molar-refractivity contribution in [2.75, 3.05) is 19.0 Å². The molecule has 2 unspecified atom stereocenters. The number of unbranched alkanes of at least 4 members (excludes halogenated alkanes) is 1. The van der Waals surface area contributed by atoms with Gasteiger partial charge in [-0.05, 0) is 41.8 Å². The Kier molecular flexibility index (Phi) is 7.52. The van der Waals surface area contributed by atoms with E-state index in [0.717, 1.165) is 18.4 Å². The van der Waals surface area contributed by atoms with Crippen LogP contribution < -0.4 is 15.2 Å². The van der Waals surface area contributed by atoms with Crippen LogP contribution in [0.2, 0.25) is 0 Å². The lowest BCUT2D eigenvalue weighted by atomic mass is 9.92. The number of nitrogens with one attached hydrogen (secondary N) is 1. The fourth-order valence-electron chi connectivity index (χ4n) is 3.98. The Morgan fingerprint density at radius 3 is 2.38 bits per heavy atom. The van der Waals surface area contributed by atoms with Crippen molar-refractivity contribution in [2.24, 2.45) is 11.1 Å². The van der Waals surface area contributed by atoms with E-state index in [-0.39, 0.29) is 30.0 Å². The van der Waals surface area contributed by atoms with Crippen LogP contribution in [0.4, 0.5) is 5.69 Å². The third-order valence-electron chi connectivity index (χ3n) is 5.57. The lowest BCUT2D eigenvalue weighted by Crippen LogP contribution is -2.33. The molecular weight excluding hydrogens is 430 g/mol. The zero-order valence-corrected chi connectivity index (χ0v) is 19.1. The normalized spacial score (nSPS) is 18.6. The van der Waals surface area contributed by atoms with Crippen LogP contribution in [-0.2, 0) is 25.4 Å². The molecule has 0 bridgehead atoms. The minimum atomic E-state index is -3.63. The summed E-state index contributed by atoms with van der Waals surface area (Å²) >= 11 is 0. The fraction of sp³-hybridized carbons (Fsp3) is 0.391. The summed E-state index contributed by atoms with van der Waals surface area (Å²) < 4.78 is 27.7. The number of anilines is 1. The highest BCUT2D eigenvalue weighted by molar-refractivity contribution is 7.88. The molecule has 3 N–H and O–H groups in total. The molecule has 2 amide bonds. The third-order valence-corrected chi connectivity index (χ3v) is 6.30. The Labute approximate surface area is 188 Å². The quantitative estimate of drug-likeness (QED) is 0.598. The van der Waals surface area contributed by atoms with Crippen LogP contribution in [0.3, 0.4) is 0 Å². The van der Waals surface area contributed by atoms with E-state index in [1.165, 1.54) is 0 Å². The number of ether oxygens (including phenoxy) is 1. The standard InChI is InChI=1S/C23H29N3O5S/c1-3-4-13-26-21(27)14-20(22(26)17-7-11-19(31-2)12-8-17)23(28)25-18-9-5-16(6-10-18)15-32(24,29)30/h5-12,20,22H,3-4,13-15H2,1-2H3,(H,25,28)(H2,24,29,30). The number of hydrogen-bond donors (Lipinski definition) is 2. The highest BCUT2D eigenvalue weighted by Gasteiger charge is 2.44. The van der Waals surface area contributed by atoms with Crippen molar-refractivity contribution in [3.63, 3.8) is 0 Å². The second-order valence-corrected chi connectivity index (χ2v) is 9.58. The predicted molar refractivity (Wildman–Crippen MR) is 122 cm³/mol. The van der Waals surface area contributed by atoms with Gasteiger partial charge in [0.25, 0.3) is 0 Å². The van der Waals surface area contributed by atoms with Gasteiger partial charge < -0.3 is 15.0 Å². The molecule has 0 radical (unpaired) electrons. The van der Waals surface area contributed by atoms with Gasteiger partial charge in [-0.15, -0.1) is 0 Å². The van der Waals surface area contributed by atoms with Gasteiger partial charge in [-0.25, -0.2) is 13.6 Å². The van der Waals surface area contributed by atoms with Crippen LogP contribution >= 0.6 is 0 Å². The number of rotatable bonds is 9. The van der Waals surface area contributed by atoms with Gasteiger partial charge in [-0.2, -0.15) is 0 Å². The maximum absolute atomic E-state index is 13.2. The van der Waals surface area contributed by atoms with E-state index >= 15 is 0 Å². The summed E-state index contributed by atoms with van der Waals surface area (Å²) in [6.45, 7) is 2.66. The number of sulfonamides is 1. The zero-order chi connectivity index (χ0) is 23.3. The van der Waals surface area contributed by atoms with Crippen molar-refractivity contribution in [1.29, 1.82) is 0 Å². The number of methoxy groups -OCH3 is 1. The predicted octanol–water partition coefficient (Wildman–Crippen LogP) is 2.81. The van der Waals surface area contributed by atoms with Crippen molar-refractivity contribution in [2.45, 2.75) is 38.0 Å². The first-order valence-corrected chi connectivity index (χ1v) is 12.3. The van der Waals surface area contributed by atoms with Gasteiger partial charge in [-0.3, -0.25) is 9.59 Å². The number of nitrogens with two attached hydrogens (primary N) is 1. The Morgan fingerprint density at radius 1 is 1.16 bits per heavy atom. The topological polar surface area (TPSA) is 119 Å². The average Bonchev–Trinajstić information content (AvgIpc) is 3.09. The molecule has 2 aromatic rings. The van der Waals surface area contributed by atoms with Crippen molar-refractivity contribution >= 4 is 27.5 Å². The van der Waals surface area contributed by atoms with Gasteiger partial charge in [-0.1, -0.05) is 37.6 Å². The SMILES string of the molecule is CCCCN1C(=O)CC(C(=O)Nc2ccc(CS(N)(=O)=O)cc2)C1c1ccc(OC)cc1. The fourth-order valence-corrected chi connectivity index (χ4v) is 4.64. The lowest BCUT2D eigenvalue weighted by molar-refractivity contribution is -0.129. The summed E-state index contributed by atoms with van der Waals surface area (Å²) in [5, 5.41) is 7.95. The number of likely N-dealkylation sites (tertiary alicyclic amines) is 1. The molecule has 32 heavy (non-hydrogen) atoms. The van der Waals surface area contributed by atoms with E-state index in [9.17, 15) is 18.0 Å². The molecule has 8 nitrogen and oxygen atoms in total. The summed E-state index contributed by atoms with van der Waals surface area (Å²) in [5.41, 5.74) is 1.95. The first-order valence-electron chi connectivity index (χ1n) is 10.6. The Morgan fingerprint density at radius 2 is 1.81 bits per heavy atom. The number of primary sulfonamides is 1. The first kappa shape index (κ1) is 23.7. The molecule has 0 saturated carbocycles. The summed E-state index contributed by atoms with van der Waals surface area (Å²) in [4.78, 5) is 27.8. The molecule has 0 spiro atoms. The van der Waals surface area contributed by atoms with E-state index < -0.39 is 15.9 Å². The minimum absolute atomic E-state index is 0.0390. The molecule has 0 aliphatic carbocycles. The number of carbonyl (C=O) groups is 2. The molecule has 1 saturated heterocycles. The Bertz CT molecular complexity index is 1050. The summed E-state index contributed by atoms with van der Waals surface area (Å²) in [6.07, 6.45) is 1.94. The van der Waals surface area contributed by atoms with Crippen LogP contribution in [0.15, 0.2) is 48.5 Å². The average molecular weight is 460 g/mol. The van der Waals surface area contributed by atoms with Crippen molar-refractivity contribution in [3.8, 4) is 5.75 Å². The van der Waals surface area contributed by atoms with Gasteiger partial charge in [0.2, 0.25) is 21.8 Å². The monoisotopic (exact) mass is 459 g/mol. The van der Waals surface area contributed by atoms with Gasteiger partial charge >= 0.3 is 0 Å². The summed E-state index contributed by atoms with van der Waals surface area (Å²) in [6, 6.07) is 13.6. The second kappa shape index (κ2) is 10.1. The maximum Gasteiger partial charge on any atom is 0.230 e. The molecule has 1 heterocycles. The molecule has 2 atom stereocenters. The van der Waals surface area contributed by atoms with E-state index in [0.29, 0.717) is 23.5 Å². The number of carbonyl (C=O) groups excluding carboxylic acids is 2. The molecule has 9 heteroatoms. The van der Waals surface area contributed by atoms with Crippen LogP contribution in [0.1, 0.15) is 43.4 Å². The molecule has 1 aliphatic heterocycles. The van der Waals surface area contributed by atoms with Crippen molar-refractivity contribution < 1.29 is 22.7 Å². The molecule has 3 rings (SSSR count). The van der Waals surface area contributed by atoms with Gasteiger partial charge in [0.05, 0.1) is 24.8 Å².